The Labute approximate surface area is 229 Å². The molecule has 0 aromatic heterocycles. The van der Waals surface area contributed by atoms with E-state index in [-0.39, 0.29) is 0 Å². The molecule has 1 aliphatic carbocycles. The Kier molecular flexibility index (Phi) is 13.5. The van der Waals surface area contributed by atoms with Crippen molar-refractivity contribution in [2.24, 2.45) is 0 Å². The van der Waals surface area contributed by atoms with Gasteiger partial charge in [-0.15, -0.1) is 0 Å². The summed E-state index contributed by atoms with van der Waals surface area (Å²) in [6, 6.07) is 13.4. The van der Waals surface area contributed by atoms with Crippen molar-refractivity contribution < 1.29 is 15.0 Å². The Hall–Kier alpha value is -1.94. The van der Waals surface area contributed by atoms with Gasteiger partial charge < -0.3 is 10.2 Å². The molecule has 0 aliphatic heterocycles. The normalized spacial score (nSPS) is 17.0. The van der Waals surface area contributed by atoms with E-state index in [1.165, 1.54) is 105 Å². The van der Waals surface area contributed by atoms with Crippen molar-refractivity contribution in [2.45, 2.75) is 115 Å². The number of thioether (sulfide) groups is 1. The van der Waals surface area contributed by atoms with Crippen LogP contribution in [-0.2, 0) is 6.42 Å². The molecule has 204 valence electrons. The van der Waals surface area contributed by atoms with Gasteiger partial charge in [-0.2, -0.15) is 11.8 Å². The highest BCUT2D eigenvalue weighted by Crippen LogP contribution is 2.46. The number of hydrogen-bond acceptors (Lipinski definition) is 3. The number of carboxylic acid groups (broad SMARTS) is 1. The summed E-state index contributed by atoms with van der Waals surface area (Å²) < 4.78 is 0. The van der Waals surface area contributed by atoms with Gasteiger partial charge in [0.15, 0.2) is 0 Å². The minimum absolute atomic E-state index is 0.350. The van der Waals surface area contributed by atoms with Gasteiger partial charge in [0, 0.05) is 0 Å². The topological polar surface area (TPSA) is 57.5 Å². The first kappa shape index (κ1) is 29.6. The molecule has 2 atom stereocenters. The third-order valence-corrected chi connectivity index (χ3v) is 9.17. The number of aryl methyl sites for hydroxylation is 1. The van der Waals surface area contributed by atoms with Crippen molar-refractivity contribution in [3.8, 4) is 5.75 Å². The van der Waals surface area contributed by atoms with E-state index >= 15 is 0 Å². The highest BCUT2D eigenvalue weighted by atomic mass is 32.2. The Balaban J connectivity index is 1.38. The van der Waals surface area contributed by atoms with Crippen LogP contribution in [0.5, 0.6) is 5.75 Å². The third-order valence-electron chi connectivity index (χ3n) is 8.02. The van der Waals surface area contributed by atoms with E-state index in [0.29, 0.717) is 23.1 Å². The summed E-state index contributed by atoms with van der Waals surface area (Å²) in [6.07, 6.45) is 19.4. The largest absolute Gasteiger partial charge is 0.508 e. The van der Waals surface area contributed by atoms with Crippen molar-refractivity contribution in [2.75, 3.05) is 11.5 Å². The average Bonchev–Trinajstić information content (AvgIpc) is 2.90. The van der Waals surface area contributed by atoms with Gasteiger partial charge in [0.2, 0.25) is 0 Å². The summed E-state index contributed by atoms with van der Waals surface area (Å²) >= 11 is 2.15. The predicted molar refractivity (Wildman–Crippen MR) is 158 cm³/mol. The van der Waals surface area contributed by atoms with E-state index in [1.54, 1.807) is 12.1 Å². The van der Waals surface area contributed by atoms with Gasteiger partial charge in [0.05, 0.1) is 5.56 Å². The van der Waals surface area contributed by atoms with Crippen LogP contribution in [0.15, 0.2) is 42.5 Å². The molecule has 3 rings (SSSR count). The van der Waals surface area contributed by atoms with Crippen molar-refractivity contribution >= 4 is 17.7 Å². The number of unbranched alkanes of at least 4 members (excludes halogenated alkanes) is 10. The van der Waals surface area contributed by atoms with Crippen molar-refractivity contribution in [1.29, 1.82) is 0 Å². The second-order valence-electron chi connectivity index (χ2n) is 10.9. The molecule has 2 aromatic rings. The van der Waals surface area contributed by atoms with Crippen molar-refractivity contribution in [1.82, 2.24) is 0 Å². The molecule has 0 bridgehead atoms. The minimum Gasteiger partial charge on any atom is -0.508 e. The van der Waals surface area contributed by atoms with Gasteiger partial charge >= 0.3 is 5.97 Å². The highest BCUT2D eigenvalue weighted by molar-refractivity contribution is 7.99. The molecule has 0 saturated carbocycles. The number of carboxylic acids is 1. The minimum atomic E-state index is -0.871. The standard InChI is InChI=1S/C33H48O3S/c1-2-3-4-12-23-37-24-13-10-8-6-5-7-9-11-14-32-30(26-15-17-27(18-16-26)33(35)36)21-19-28-25-29(34)20-22-31(28)32/h15-18,20,22,25,30,32,34H,2-14,19,21,23-24H2,1H3,(H,35,36). The molecule has 37 heavy (non-hydrogen) atoms. The average molecular weight is 525 g/mol. The predicted octanol–water partition coefficient (Wildman–Crippen LogP) is 9.73. The lowest BCUT2D eigenvalue weighted by atomic mass is 9.70. The second-order valence-corrected chi connectivity index (χ2v) is 12.1. The zero-order chi connectivity index (χ0) is 26.3. The van der Waals surface area contributed by atoms with Crippen LogP contribution in [0.25, 0.3) is 0 Å². The first-order valence-electron chi connectivity index (χ1n) is 14.8. The monoisotopic (exact) mass is 524 g/mol. The third kappa shape index (κ3) is 10.0. The van der Waals surface area contributed by atoms with E-state index in [9.17, 15) is 15.0 Å². The first-order chi connectivity index (χ1) is 18.1. The van der Waals surface area contributed by atoms with Gasteiger partial charge in [0.25, 0.3) is 0 Å². The lowest BCUT2D eigenvalue weighted by Gasteiger charge is -2.34. The van der Waals surface area contributed by atoms with Gasteiger partial charge in [-0.3, -0.25) is 0 Å². The number of carbonyl (C=O) groups is 1. The molecule has 0 saturated heterocycles. The van der Waals surface area contributed by atoms with Crippen LogP contribution in [0.1, 0.15) is 136 Å². The molecular weight excluding hydrogens is 476 g/mol. The van der Waals surface area contributed by atoms with E-state index < -0.39 is 5.97 Å². The molecule has 1 aliphatic rings. The number of phenolic OH excluding ortho intramolecular Hbond substituents is 1. The first-order valence-corrected chi connectivity index (χ1v) is 16.0. The smallest absolute Gasteiger partial charge is 0.335 e. The Morgan fingerprint density at radius 2 is 1.46 bits per heavy atom. The van der Waals surface area contributed by atoms with Gasteiger partial charge in [-0.1, -0.05) is 89.3 Å². The maximum absolute atomic E-state index is 11.3. The number of benzene rings is 2. The van der Waals surface area contributed by atoms with Crippen LogP contribution in [-0.4, -0.2) is 27.7 Å². The van der Waals surface area contributed by atoms with Crippen LogP contribution < -0.4 is 0 Å². The van der Waals surface area contributed by atoms with E-state index in [1.807, 2.05) is 24.3 Å². The Morgan fingerprint density at radius 1 is 0.838 bits per heavy atom. The molecule has 2 N–H and O–H groups in total. The van der Waals surface area contributed by atoms with Crippen LogP contribution >= 0.6 is 11.8 Å². The summed E-state index contributed by atoms with van der Waals surface area (Å²) in [5, 5.41) is 19.3. The molecule has 4 heteroatoms. The van der Waals surface area contributed by atoms with Gasteiger partial charge in [-0.05, 0) is 96.4 Å². The summed E-state index contributed by atoms with van der Waals surface area (Å²) in [6.45, 7) is 2.28. The number of phenols is 1. The van der Waals surface area contributed by atoms with E-state index in [0.717, 1.165) is 19.3 Å². The molecule has 2 aromatic carbocycles. The summed E-state index contributed by atoms with van der Waals surface area (Å²) in [5.74, 6) is 3.01. The quantitative estimate of drug-likeness (QED) is 0.191. The van der Waals surface area contributed by atoms with Crippen LogP contribution in [0.2, 0.25) is 0 Å². The zero-order valence-electron chi connectivity index (χ0n) is 22.9. The fourth-order valence-corrected chi connectivity index (χ4v) is 6.91. The SMILES string of the molecule is CCCCCCSCCCCCCCCCCC1c2ccc(O)cc2CCC1c1ccc(C(=O)O)cc1. The van der Waals surface area contributed by atoms with Crippen LogP contribution in [0, 0.1) is 0 Å². The summed E-state index contributed by atoms with van der Waals surface area (Å²) in [5.41, 5.74) is 4.25. The molecule has 0 fully saturated rings. The number of hydrogen-bond donors (Lipinski definition) is 2. The molecule has 0 amide bonds. The summed E-state index contributed by atoms with van der Waals surface area (Å²) in [4.78, 5) is 11.3. The van der Waals surface area contributed by atoms with Crippen molar-refractivity contribution in [3.63, 3.8) is 0 Å². The lowest BCUT2D eigenvalue weighted by Crippen LogP contribution is -2.19. The molecule has 0 spiro atoms. The fraction of sp³-hybridized carbons (Fsp3) is 0.606. The number of rotatable bonds is 18. The van der Waals surface area contributed by atoms with Crippen molar-refractivity contribution in [3.05, 3.63) is 64.7 Å². The van der Waals surface area contributed by atoms with E-state index in [2.05, 4.69) is 24.8 Å². The van der Waals surface area contributed by atoms with Crippen LogP contribution in [0.4, 0.5) is 0 Å². The summed E-state index contributed by atoms with van der Waals surface area (Å²) in [7, 11) is 0. The number of fused-ring (bicyclic) bond motifs is 1. The maximum atomic E-state index is 11.3. The number of aromatic carboxylic acids is 1. The molecule has 0 radical (unpaired) electrons. The Bertz CT molecular complexity index is 924. The molecule has 0 heterocycles. The van der Waals surface area contributed by atoms with Gasteiger partial charge in [0.1, 0.15) is 5.75 Å². The fourth-order valence-electron chi connectivity index (χ4n) is 5.89. The highest BCUT2D eigenvalue weighted by Gasteiger charge is 2.30. The van der Waals surface area contributed by atoms with E-state index in [4.69, 9.17) is 0 Å². The van der Waals surface area contributed by atoms with Gasteiger partial charge in [-0.25, -0.2) is 4.79 Å². The second kappa shape index (κ2) is 16.8. The lowest BCUT2D eigenvalue weighted by molar-refractivity contribution is 0.0697. The Morgan fingerprint density at radius 3 is 2.11 bits per heavy atom. The molecule has 2 unspecified atom stereocenters. The maximum Gasteiger partial charge on any atom is 0.335 e. The zero-order valence-corrected chi connectivity index (χ0v) is 23.7. The molecule has 3 nitrogen and oxygen atoms in total. The molecular formula is C33H48O3S. The van der Waals surface area contributed by atoms with Crippen LogP contribution in [0.3, 0.4) is 0 Å². The number of aromatic hydroxyl groups is 1.